The summed E-state index contributed by atoms with van der Waals surface area (Å²) in [4.78, 5) is 17.8. The number of sulfonamides is 1. The van der Waals surface area contributed by atoms with Gasteiger partial charge in [0.05, 0.1) is 40.9 Å². The van der Waals surface area contributed by atoms with E-state index in [1.54, 1.807) is 19.2 Å². The van der Waals surface area contributed by atoms with Crippen molar-refractivity contribution in [3.05, 3.63) is 46.8 Å². The summed E-state index contributed by atoms with van der Waals surface area (Å²) in [6.45, 7) is 2.64. The van der Waals surface area contributed by atoms with Crippen LogP contribution in [0.25, 0.3) is 11.3 Å². The van der Waals surface area contributed by atoms with E-state index in [0.717, 1.165) is 16.4 Å². The molecule has 1 fully saturated rings. The van der Waals surface area contributed by atoms with Crippen LogP contribution in [0.5, 0.6) is 11.5 Å². The minimum absolute atomic E-state index is 0.0681. The zero-order valence-electron chi connectivity index (χ0n) is 20.8. The molecule has 2 N–H and O–H groups in total. The fourth-order valence-electron chi connectivity index (χ4n) is 4.16. The van der Waals surface area contributed by atoms with Gasteiger partial charge in [0, 0.05) is 31.1 Å². The monoisotopic (exact) mass is 564 g/mol. The molecular weight excluding hydrogens is 536 g/mol. The van der Waals surface area contributed by atoms with Crippen LogP contribution < -0.4 is 20.1 Å². The van der Waals surface area contributed by atoms with E-state index in [0.29, 0.717) is 43.2 Å². The van der Waals surface area contributed by atoms with Crippen molar-refractivity contribution in [3.8, 4) is 22.8 Å². The van der Waals surface area contributed by atoms with E-state index in [-0.39, 0.29) is 22.4 Å². The Kier molecular flexibility index (Phi) is 8.58. The molecule has 2 aromatic carbocycles. The van der Waals surface area contributed by atoms with Crippen LogP contribution in [0.2, 0.25) is 5.02 Å². The third-order valence-corrected chi connectivity index (χ3v) is 9.08. The summed E-state index contributed by atoms with van der Waals surface area (Å²) in [6, 6.07) is 9.87. The average Bonchev–Trinajstić information content (AvgIpc) is 3.39. The zero-order chi connectivity index (χ0) is 26.6. The summed E-state index contributed by atoms with van der Waals surface area (Å²) >= 11 is 7.71. The fraction of sp³-hybridized carbons (Fsp3) is 0.360. The first-order valence-electron chi connectivity index (χ1n) is 11.8. The fourth-order valence-corrected chi connectivity index (χ4v) is 6.69. The van der Waals surface area contributed by atoms with Crippen molar-refractivity contribution >= 4 is 49.7 Å². The molecule has 9 nitrogen and oxygen atoms in total. The Labute approximate surface area is 225 Å². The molecule has 0 bridgehead atoms. The predicted octanol–water partition coefficient (Wildman–Crippen LogP) is 4.95. The lowest BCUT2D eigenvalue weighted by atomic mass is 9.98. The number of carbonyl (C=O) groups is 1. The largest absolute Gasteiger partial charge is 0.495 e. The molecule has 1 aliphatic heterocycles. The maximum Gasteiger partial charge on any atom is 0.243 e. The van der Waals surface area contributed by atoms with Gasteiger partial charge in [0.15, 0.2) is 5.13 Å². The highest BCUT2D eigenvalue weighted by Crippen LogP contribution is 2.34. The van der Waals surface area contributed by atoms with E-state index < -0.39 is 15.9 Å². The molecule has 3 aromatic rings. The minimum Gasteiger partial charge on any atom is -0.495 e. The maximum atomic E-state index is 13.3. The summed E-state index contributed by atoms with van der Waals surface area (Å²) in [5, 5.41) is 8.89. The molecule has 1 saturated heterocycles. The van der Waals surface area contributed by atoms with Crippen molar-refractivity contribution < 1.29 is 22.7 Å². The van der Waals surface area contributed by atoms with Gasteiger partial charge in [-0.3, -0.25) is 4.79 Å². The number of thiazole rings is 1. The maximum absolute atomic E-state index is 13.3. The molecule has 1 atom stereocenters. The molecule has 2 heterocycles. The van der Waals surface area contributed by atoms with Crippen LogP contribution in [-0.4, -0.2) is 57.5 Å². The number of carbonyl (C=O) groups excluding carboxylic acids is 1. The van der Waals surface area contributed by atoms with Crippen LogP contribution >= 0.6 is 22.9 Å². The number of anilines is 2. The number of benzene rings is 2. The van der Waals surface area contributed by atoms with Crippen LogP contribution in [-0.2, 0) is 14.8 Å². The minimum atomic E-state index is -3.84. The van der Waals surface area contributed by atoms with Gasteiger partial charge in [-0.25, -0.2) is 13.4 Å². The van der Waals surface area contributed by atoms with Gasteiger partial charge in [-0.15, -0.1) is 11.3 Å². The highest BCUT2D eigenvalue weighted by molar-refractivity contribution is 7.89. The van der Waals surface area contributed by atoms with Crippen molar-refractivity contribution in [3.63, 3.8) is 0 Å². The number of ether oxygens (including phenoxy) is 2. The number of aromatic nitrogens is 1. The number of piperidine rings is 1. The normalized spacial score (nSPS) is 16.3. The molecule has 198 valence electrons. The number of rotatable bonds is 9. The third kappa shape index (κ3) is 6.01. The van der Waals surface area contributed by atoms with Gasteiger partial charge in [0.2, 0.25) is 15.9 Å². The summed E-state index contributed by atoms with van der Waals surface area (Å²) in [6.07, 6.45) is 1.13. The van der Waals surface area contributed by atoms with E-state index in [4.69, 9.17) is 21.1 Å². The summed E-state index contributed by atoms with van der Waals surface area (Å²) < 4.78 is 38.9. The number of nitrogens with zero attached hydrogens (tertiary/aromatic N) is 2. The first kappa shape index (κ1) is 27.2. The first-order chi connectivity index (χ1) is 17.8. The smallest absolute Gasteiger partial charge is 0.243 e. The quantitative estimate of drug-likeness (QED) is 0.378. The number of nitrogens with one attached hydrogen (secondary N) is 2. The van der Waals surface area contributed by atoms with E-state index in [9.17, 15) is 13.2 Å². The lowest BCUT2D eigenvalue weighted by Crippen LogP contribution is -2.43. The van der Waals surface area contributed by atoms with Crippen molar-refractivity contribution in [2.75, 3.05) is 44.5 Å². The molecule has 1 amide bonds. The first-order valence-corrected chi connectivity index (χ1v) is 14.5. The van der Waals surface area contributed by atoms with Gasteiger partial charge in [0.1, 0.15) is 11.5 Å². The second-order valence-corrected chi connectivity index (χ2v) is 11.6. The Bertz CT molecular complexity index is 1380. The second-order valence-electron chi connectivity index (χ2n) is 8.42. The summed E-state index contributed by atoms with van der Waals surface area (Å²) in [7, 11) is -0.499. The number of hydrogen-bond donors (Lipinski definition) is 2. The topological polar surface area (TPSA) is 110 Å². The van der Waals surface area contributed by atoms with Gasteiger partial charge in [-0.1, -0.05) is 11.6 Å². The number of hydrogen-bond acceptors (Lipinski definition) is 8. The lowest BCUT2D eigenvalue weighted by Gasteiger charge is -2.31. The number of amides is 1. The van der Waals surface area contributed by atoms with Crippen molar-refractivity contribution in [2.45, 2.75) is 24.7 Å². The van der Waals surface area contributed by atoms with E-state index >= 15 is 0 Å². The molecule has 0 aliphatic carbocycles. The molecule has 0 saturated carbocycles. The van der Waals surface area contributed by atoms with Crippen LogP contribution in [0, 0.1) is 5.92 Å². The molecule has 1 aromatic heterocycles. The molecule has 1 aliphatic rings. The Morgan fingerprint density at radius 3 is 2.70 bits per heavy atom. The van der Waals surface area contributed by atoms with Gasteiger partial charge in [-0.05, 0) is 56.2 Å². The SMILES string of the molecule is CCOc1ccc(S(=O)(=O)N2CCC[C@H](C(=O)Nc3cc(-c4csc(NC)n4)ccc3OC)C2)cc1Cl. The molecule has 0 spiro atoms. The molecule has 4 rings (SSSR count). The summed E-state index contributed by atoms with van der Waals surface area (Å²) in [5.74, 6) is 0.139. The van der Waals surface area contributed by atoms with E-state index in [1.165, 1.54) is 34.9 Å². The van der Waals surface area contributed by atoms with Crippen molar-refractivity contribution in [1.82, 2.24) is 9.29 Å². The highest BCUT2D eigenvalue weighted by Gasteiger charge is 2.34. The van der Waals surface area contributed by atoms with Crippen molar-refractivity contribution in [2.24, 2.45) is 5.92 Å². The zero-order valence-corrected chi connectivity index (χ0v) is 23.2. The third-order valence-electron chi connectivity index (χ3n) is 6.07. The number of methoxy groups -OCH3 is 1. The molecule has 0 radical (unpaired) electrons. The van der Waals surface area contributed by atoms with Crippen molar-refractivity contribution in [1.29, 1.82) is 0 Å². The highest BCUT2D eigenvalue weighted by atomic mass is 35.5. The second kappa shape index (κ2) is 11.7. The Morgan fingerprint density at radius 1 is 1.24 bits per heavy atom. The van der Waals surface area contributed by atoms with Crippen LogP contribution in [0.3, 0.4) is 0 Å². The lowest BCUT2D eigenvalue weighted by molar-refractivity contribution is -0.120. The Morgan fingerprint density at radius 2 is 2.03 bits per heavy atom. The van der Waals surface area contributed by atoms with Gasteiger partial charge < -0.3 is 20.1 Å². The van der Waals surface area contributed by atoms with Gasteiger partial charge in [0.25, 0.3) is 0 Å². The van der Waals surface area contributed by atoms with E-state index in [1.807, 2.05) is 24.4 Å². The van der Waals surface area contributed by atoms with E-state index in [2.05, 4.69) is 15.6 Å². The Hall–Kier alpha value is -2.86. The van der Waals surface area contributed by atoms with Crippen LogP contribution in [0.15, 0.2) is 46.7 Å². The van der Waals surface area contributed by atoms with Crippen LogP contribution in [0.4, 0.5) is 10.8 Å². The Balaban J connectivity index is 1.51. The van der Waals surface area contributed by atoms with Gasteiger partial charge >= 0.3 is 0 Å². The standard InChI is InChI=1S/C25H29ClN4O5S2/c1-4-35-22-10-8-18(13-19(22)26)37(32,33)30-11-5-6-17(14-30)24(31)28-20-12-16(7-9-23(20)34-3)21-15-36-25(27-2)29-21/h7-10,12-13,15,17H,4-6,11,14H2,1-3H3,(H,27,29)(H,28,31)/t17-/m0/s1. The van der Waals surface area contributed by atoms with Crippen LogP contribution in [0.1, 0.15) is 19.8 Å². The molecular formula is C25H29ClN4O5S2. The summed E-state index contributed by atoms with van der Waals surface area (Å²) in [5.41, 5.74) is 2.10. The average molecular weight is 565 g/mol. The predicted molar refractivity (Wildman–Crippen MR) is 146 cm³/mol. The molecule has 0 unspecified atom stereocenters. The van der Waals surface area contributed by atoms with Gasteiger partial charge in [-0.2, -0.15) is 4.31 Å². The molecule has 37 heavy (non-hydrogen) atoms. The molecule has 12 heteroatoms. The number of halogens is 1.